The number of aryl methyl sites for hydroxylation is 1. The highest BCUT2D eigenvalue weighted by Gasteiger charge is 2.22. The Kier molecular flexibility index (Phi) is 5.12. The third-order valence-corrected chi connectivity index (χ3v) is 2.27. The topological polar surface area (TPSA) is 97.5 Å². The van der Waals surface area contributed by atoms with Gasteiger partial charge in [0.05, 0.1) is 6.61 Å². The van der Waals surface area contributed by atoms with Crippen LogP contribution in [0.15, 0.2) is 10.9 Å². The molecule has 1 rings (SSSR count). The van der Waals surface area contributed by atoms with Crippen LogP contribution in [0.25, 0.3) is 0 Å². The number of hydrogen-bond donors (Lipinski definition) is 2. The first-order valence-electron chi connectivity index (χ1n) is 6.55. The Bertz CT molecular complexity index is 598. The lowest BCUT2D eigenvalue weighted by atomic mass is 10.2. The van der Waals surface area contributed by atoms with Gasteiger partial charge in [0.25, 0.3) is 0 Å². The van der Waals surface area contributed by atoms with Crippen LogP contribution in [0.2, 0.25) is 0 Å². The van der Waals surface area contributed by atoms with Gasteiger partial charge in [0.15, 0.2) is 5.69 Å². The van der Waals surface area contributed by atoms with E-state index < -0.39 is 23.1 Å². The molecule has 7 heteroatoms. The van der Waals surface area contributed by atoms with E-state index in [2.05, 4.69) is 10.3 Å². The van der Waals surface area contributed by atoms with Crippen LogP contribution in [0.5, 0.6) is 0 Å². The Labute approximate surface area is 122 Å². The van der Waals surface area contributed by atoms with Crippen molar-refractivity contribution in [2.45, 2.75) is 40.2 Å². The molecule has 0 radical (unpaired) electrons. The zero-order valence-electron chi connectivity index (χ0n) is 12.8. The average molecular weight is 296 g/mol. The van der Waals surface area contributed by atoms with Gasteiger partial charge in [0.1, 0.15) is 11.3 Å². The number of carbonyl (C=O) groups is 2. The lowest BCUT2D eigenvalue weighted by molar-refractivity contribution is 0.0520. The van der Waals surface area contributed by atoms with Crippen molar-refractivity contribution in [1.29, 1.82) is 0 Å². The van der Waals surface area contributed by atoms with Crippen molar-refractivity contribution in [1.82, 2.24) is 4.98 Å². The highest BCUT2D eigenvalue weighted by Crippen LogP contribution is 2.13. The van der Waals surface area contributed by atoms with Gasteiger partial charge in [0.2, 0.25) is 5.43 Å². The summed E-state index contributed by atoms with van der Waals surface area (Å²) in [5, 5.41) is 2.30. The maximum absolute atomic E-state index is 12.0. The van der Waals surface area contributed by atoms with Crippen LogP contribution < -0.4 is 10.7 Å². The van der Waals surface area contributed by atoms with E-state index in [0.29, 0.717) is 5.69 Å². The van der Waals surface area contributed by atoms with Gasteiger partial charge in [-0.05, 0) is 34.6 Å². The second kappa shape index (κ2) is 6.43. The molecule has 0 aromatic carbocycles. The smallest absolute Gasteiger partial charge is 0.412 e. The summed E-state index contributed by atoms with van der Waals surface area (Å²) in [7, 11) is 0. The standard InChI is InChI=1S/C14H20N2O5/c1-6-20-12(18)11-10(9(17)7-8(2)15-11)16-13(19)21-14(3,4)5/h7H,6H2,1-5H3,(H,15,17)(H,16,19). The summed E-state index contributed by atoms with van der Waals surface area (Å²) in [5.74, 6) is -0.718. The fourth-order valence-electron chi connectivity index (χ4n) is 1.57. The minimum absolute atomic E-state index is 0.104. The van der Waals surface area contributed by atoms with Crippen molar-refractivity contribution in [2.75, 3.05) is 11.9 Å². The average Bonchev–Trinajstić information content (AvgIpc) is 2.30. The minimum Gasteiger partial charge on any atom is -0.461 e. The zero-order chi connectivity index (χ0) is 16.2. The van der Waals surface area contributed by atoms with Gasteiger partial charge in [-0.3, -0.25) is 10.1 Å². The van der Waals surface area contributed by atoms with Crippen LogP contribution in [0.3, 0.4) is 0 Å². The number of aromatic nitrogens is 1. The second-order valence-corrected chi connectivity index (χ2v) is 5.41. The molecule has 7 nitrogen and oxygen atoms in total. The van der Waals surface area contributed by atoms with Crippen molar-refractivity contribution >= 4 is 17.7 Å². The number of aromatic amines is 1. The number of ether oxygens (including phenoxy) is 2. The molecule has 0 aliphatic carbocycles. The van der Waals surface area contributed by atoms with E-state index in [9.17, 15) is 14.4 Å². The molecule has 1 aromatic heterocycles. The zero-order valence-corrected chi connectivity index (χ0v) is 12.8. The fourth-order valence-corrected chi connectivity index (χ4v) is 1.57. The Morgan fingerprint density at radius 3 is 2.48 bits per heavy atom. The number of anilines is 1. The number of esters is 1. The molecule has 116 valence electrons. The minimum atomic E-state index is -0.817. The highest BCUT2D eigenvalue weighted by molar-refractivity contribution is 5.98. The molecule has 1 heterocycles. The van der Waals surface area contributed by atoms with E-state index >= 15 is 0 Å². The first-order valence-corrected chi connectivity index (χ1v) is 6.55. The fraction of sp³-hybridized carbons (Fsp3) is 0.500. The van der Waals surface area contributed by atoms with Crippen molar-refractivity contribution in [2.24, 2.45) is 0 Å². The number of nitrogens with one attached hydrogen (secondary N) is 2. The molecule has 0 atom stereocenters. The van der Waals surface area contributed by atoms with E-state index in [1.54, 1.807) is 34.6 Å². The van der Waals surface area contributed by atoms with E-state index in [0.717, 1.165) is 0 Å². The first kappa shape index (κ1) is 16.7. The summed E-state index contributed by atoms with van der Waals surface area (Å²) in [4.78, 5) is 38.3. The second-order valence-electron chi connectivity index (χ2n) is 5.41. The normalized spacial score (nSPS) is 10.9. The number of rotatable bonds is 3. The summed E-state index contributed by atoms with van der Waals surface area (Å²) in [6.45, 7) is 8.50. The third-order valence-electron chi connectivity index (χ3n) is 2.27. The van der Waals surface area contributed by atoms with Crippen LogP contribution in [-0.2, 0) is 9.47 Å². The Balaban J connectivity index is 3.13. The van der Waals surface area contributed by atoms with Gasteiger partial charge in [0, 0.05) is 11.8 Å². The Hall–Kier alpha value is -2.31. The summed E-state index contributed by atoms with van der Waals surface area (Å²) in [6, 6.07) is 1.27. The number of H-pyrrole nitrogens is 1. The van der Waals surface area contributed by atoms with E-state index in [4.69, 9.17) is 9.47 Å². The summed E-state index contributed by atoms with van der Waals surface area (Å²) >= 11 is 0. The van der Waals surface area contributed by atoms with Crippen molar-refractivity contribution in [3.63, 3.8) is 0 Å². The molecule has 0 aliphatic heterocycles. The van der Waals surface area contributed by atoms with Crippen LogP contribution in [0.1, 0.15) is 43.9 Å². The molecular formula is C14H20N2O5. The predicted molar refractivity (Wildman–Crippen MR) is 77.6 cm³/mol. The van der Waals surface area contributed by atoms with Crippen molar-refractivity contribution in [3.05, 3.63) is 27.7 Å². The molecule has 0 spiro atoms. The lowest BCUT2D eigenvalue weighted by Gasteiger charge is -2.20. The summed E-state index contributed by atoms with van der Waals surface area (Å²) in [6.07, 6.45) is -0.817. The number of pyridine rings is 1. The Morgan fingerprint density at radius 1 is 1.33 bits per heavy atom. The maximum Gasteiger partial charge on any atom is 0.412 e. The molecule has 1 amide bonds. The highest BCUT2D eigenvalue weighted by atomic mass is 16.6. The van der Waals surface area contributed by atoms with Gasteiger partial charge in [-0.1, -0.05) is 0 Å². The molecule has 0 saturated carbocycles. The lowest BCUT2D eigenvalue weighted by Crippen LogP contribution is -2.30. The van der Waals surface area contributed by atoms with Gasteiger partial charge >= 0.3 is 12.1 Å². The summed E-state index contributed by atoms with van der Waals surface area (Å²) in [5.41, 5.74) is -1.02. The van der Waals surface area contributed by atoms with Gasteiger partial charge in [-0.2, -0.15) is 0 Å². The van der Waals surface area contributed by atoms with Gasteiger partial charge in [-0.15, -0.1) is 0 Å². The molecule has 0 aliphatic rings. The summed E-state index contributed by atoms with van der Waals surface area (Å²) < 4.78 is 9.93. The molecule has 0 unspecified atom stereocenters. The third kappa shape index (κ3) is 4.94. The van der Waals surface area contributed by atoms with Crippen LogP contribution in [-0.4, -0.2) is 29.3 Å². The van der Waals surface area contributed by atoms with E-state index in [1.807, 2.05) is 0 Å². The number of hydrogen-bond acceptors (Lipinski definition) is 5. The molecule has 2 N–H and O–H groups in total. The molecule has 0 fully saturated rings. The van der Waals surface area contributed by atoms with Crippen molar-refractivity contribution < 1.29 is 19.1 Å². The number of amides is 1. The maximum atomic E-state index is 12.0. The van der Waals surface area contributed by atoms with Gasteiger partial charge < -0.3 is 14.5 Å². The molecule has 0 saturated heterocycles. The number of carbonyl (C=O) groups excluding carboxylic acids is 2. The molecule has 0 bridgehead atoms. The van der Waals surface area contributed by atoms with E-state index in [-0.39, 0.29) is 18.0 Å². The first-order chi connectivity index (χ1) is 9.64. The largest absolute Gasteiger partial charge is 0.461 e. The quantitative estimate of drug-likeness (QED) is 0.833. The van der Waals surface area contributed by atoms with Gasteiger partial charge in [-0.25, -0.2) is 9.59 Å². The molecule has 21 heavy (non-hydrogen) atoms. The molecular weight excluding hydrogens is 276 g/mol. The van der Waals surface area contributed by atoms with Crippen LogP contribution in [0, 0.1) is 6.92 Å². The van der Waals surface area contributed by atoms with Crippen molar-refractivity contribution in [3.8, 4) is 0 Å². The molecule has 1 aromatic rings. The van der Waals surface area contributed by atoms with Crippen LogP contribution in [0.4, 0.5) is 10.5 Å². The van der Waals surface area contributed by atoms with E-state index in [1.165, 1.54) is 6.07 Å². The monoisotopic (exact) mass is 296 g/mol. The predicted octanol–water partition coefficient (Wildman–Crippen LogP) is 2.21. The SMILES string of the molecule is CCOC(=O)c1[nH]c(C)cc(=O)c1NC(=O)OC(C)(C)C. The Morgan fingerprint density at radius 2 is 1.95 bits per heavy atom. The van der Waals surface area contributed by atoms with Crippen LogP contribution >= 0.6 is 0 Å².